The summed E-state index contributed by atoms with van der Waals surface area (Å²) in [5.41, 5.74) is 1.03. The predicted octanol–water partition coefficient (Wildman–Crippen LogP) is 3.29. The van der Waals surface area contributed by atoms with Crippen LogP contribution in [0.25, 0.3) is 0 Å². The fourth-order valence-electron chi connectivity index (χ4n) is 1.88. The number of rotatable bonds is 8. The molecule has 0 atom stereocenters. The predicted molar refractivity (Wildman–Crippen MR) is 79.9 cm³/mol. The minimum atomic E-state index is -0.733. The van der Waals surface area contributed by atoms with Gasteiger partial charge in [-0.25, -0.2) is 9.97 Å². The van der Waals surface area contributed by atoms with E-state index >= 15 is 0 Å². The van der Waals surface area contributed by atoms with E-state index in [0.29, 0.717) is 12.3 Å². The van der Waals surface area contributed by atoms with E-state index in [1.54, 1.807) is 6.33 Å². The molecular formula is C15H25N3O2. The van der Waals surface area contributed by atoms with Crippen LogP contribution in [0.4, 0.5) is 5.82 Å². The van der Waals surface area contributed by atoms with Crippen LogP contribution in [0.5, 0.6) is 0 Å². The average molecular weight is 279 g/mol. The molecule has 5 nitrogen and oxygen atoms in total. The van der Waals surface area contributed by atoms with E-state index in [0.717, 1.165) is 24.5 Å². The molecule has 112 valence electrons. The summed E-state index contributed by atoms with van der Waals surface area (Å²) >= 11 is 0. The lowest BCUT2D eigenvalue weighted by atomic mass is 9.84. The van der Waals surface area contributed by atoms with E-state index < -0.39 is 5.97 Å². The van der Waals surface area contributed by atoms with Gasteiger partial charge in [0.15, 0.2) is 0 Å². The van der Waals surface area contributed by atoms with Crippen molar-refractivity contribution in [3.05, 3.63) is 18.1 Å². The van der Waals surface area contributed by atoms with Crippen LogP contribution in [-0.4, -0.2) is 27.6 Å². The number of aliphatic carboxylic acids is 1. The summed E-state index contributed by atoms with van der Waals surface area (Å²) in [5, 5.41) is 12.0. The van der Waals surface area contributed by atoms with Gasteiger partial charge in [0.1, 0.15) is 12.1 Å². The standard InChI is InChI=1S/C15H25N3O2/c1-11(2)12-9-13(18-10-17-12)16-8-7-15(3,4)6-5-14(19)20/h9-11H,5-8H2,1-4H3,(H,19,20)(H,16,17,18). The molecule has 0 bridgehead atoms. The van der Waals surface area contributed by atoms with E-state index in [4.69, 9.17) is 5.11 Å². The number of carboxylic acid groups (broad SMARTS) is 1. The third-order valence-corrected chi connectivity index (χ3v) is 3.40. The summed E-state index contributed by atoms with van der Waals surface area (Å²) in [6.45, 7) is 9.16. The lowest BCUT2D eigenvalue weighted by molar-refractivity contribution is -0.137. The molecule has 0 saturated heterocycles. The Labute approximate surface area is 120 Å². The van der Waals surface area contributed by atoms with Crippen LogP contribution in [0, 0.1) is 5.41 Å². The fourth-order valence-corrected chi connectivity index (χ4v) is 1.88. The van der Waals surface area contributed by atoms with Crippen LogP contribution in [0.1, 0.15) is 58.6 Å². The van der Waals surface area contributed by atoms with E-state index in [9.17, 15) is 4.79 Å². The molecule has 0 aliphatic rings. The zero-order valence-electron chi connectivity index (χ0n) is 12.8. The van der Waals surface area contributed by atoms with Crippen LogP contribution in [0.3, 0.4) is 0 Å². The number of aromatic nitrogens is 2. The topological polar surface area (TPSA) is 75.1 Å². The van der Waals surface area contributed by atoms with Gasteiger partial charge >= 0.3 is 5.97 Å². The molecule has 0 aliphatic heterocycles. The Morgan fingerprint density at radius 3 is 2.65 bits per heavy atom. The molecule has 0 spiro atoms. The quantitative estimate of drug-likeness (QED) is 0.763. The molecule has 0 fully saturated rings. The number of hydrogen-bond acceptors (Lipinski definition) is 4. The Balaban J connectivity index is 2.43. The normalized spacial score (nSPS) is 11.7. The molecule has 1 aromatic heterocycles. The second-order valence-corrected chi connectivity index (χ2v) is 6.22. The van der Waals surface area contributed by atoms with Crippen LogP contribution in [0.2, 0.25) is 0 Å². The maximum atomic E-state index is 10.6. The smallest absolute Gasteiger partial charge is 0.303 e. The Morgan fingerprint density at radius 1 is 1.35 bits per heavy atom. The highest BCUT2D eigenvalue weighted by atomic mass is 16.4. The molecule has 0 aliphatic carbocycles. The third-order valence-electron chi connectivity index (χ3n) is 3.40. The van der Waals surface area contributed by atoms with Gasteiger partial charge in [-0.05, 0) is 24.2 Å². The second-order valence-electron chi connectivity index (χ2n) is 6.22. The first-order valence-corrected chi connectivity index (χ1v) is 7.08. The van der Waals surface area contributed by atoms with Crippen LogP contribution in [-0.2, 0) is 4.79 Å². The fraction of sp³-hybridized carbons (Fsp3) is 0.667. The Hall–Kier alpha value is -1.65. The molecule has 0 saturated carbocycles. The van der Waals surface area contributed by atoms with Gasteiger partial charge in [0.2, 0.25) is 0 Å². The van der Waals surface area contributed by atoms with Gasteiger partial charge in [-0.3, -0.25) is 4.79 Å². The SMILES string of the molecule is CC(C)c1cc(NCCC(C)(C)CCC(=O)O)ncn1. The number of nitrogens with one attached hydrogen (secondary N) is 1. The van der Waals surface area contributed by atoms with E-state index in [1.165, 1.54) is 0 Å². The summed E-state index contributed by atoms with van der Waals surface area (Å²) < 4.78 is 0. The monoisotopic (exact) mass is 279 g/mol. The number of anilines is 1. The summed E-state index contributed by atoms with van der Waals surface area (Å²) in [6.07, 6.45) is 3.39. The average Bonchev–Trinajstić information content (AvgIpc) is 2.37. The summed E-state index contributed by atoms with van der Waals surface area (Å²) in [6, 6.07) is 1.97. The highest BCUT2D eigenvalue weighted by Crippen LogP contribution is 2.26. The van der Waals surface area contributed by atoms with Gasteiger partial charge < -0.3 is 10.4 Å². The van der Waals surface area contributed by atoms with Crippen LogP contribution in [0.15, 0.2) is 12.4 Å². The van der Waals surface area contributed by atoms with Crippen molar-refractivity contribution in [2.45, 2.75) is 52.9 Å². The number of hydrogen-bond donors (Lipinski definition) is 2. The maximum Gasteiger partial charge on any atom is 0.303 e. The first-order valence-electron chi connectivity index (χ1n) is 7.08. The summed E-state index contributed by atoms with van der Waals surface area (Å²) in [4.78, 5) is 19.0. The van der Waals surface area contributed by atoms with Crippen molar-refractivity contribution in [1.82, 2.24) is 9.97 Å². The van der Waals surface area contributed by atoms with Gasteiger partial charge in [-0.1, -0.05) is 27.7 Å². The highest BCUT2D eigenvalue weighted by molar-refractivity contribution is 5.66. The zero-order valence-corrected chi connectivity index (χ0v) is 12.8. The van der Waals surface area contributed by atoms with Crippen molar-refractivity contribution in [1.29, 1.82) is 0 Å². The lowest BCUT2D eigenvalue weighted by Gasteiger charge is -2.24. The third kappa shape index (κ3) is 5.99. The minimum absolute atomic E-state index is 0.0132. The van der Waals surface area contributed by atoms with Crippen molar-refractivity contribution in [3.8, 4) is 0 Å². The van der Waals surface area contributed by atoms with Gasteiger partial charge in [-0.2, -0.15) is 0 Å². The van der Waals surface area contributed by atoms with Gasteiger partial charge in [0.25, 0.3) is 0 Å². The van der Waals surface area contributed by atoms with Gasteiger partial charge in [0, 0.05) is 24.7 Å². The molecular weight excluding hydrogens is 254 g/mol. The first-order chi connectivity index (χ1) is 9.30. The summed E-state index contributed by atoms with van der Waals surface area (Å²) in [7, 11) is 0. The largest absolute Gasteiger partial charge is 0.481 e. The van der Waals surface area contributed by atoms with Crippen molar-refractivity contribution < 1.29 is 9.90 Å². The highest BCUT2D eigenvalue weighted by Gasteiger charge is 2.18. The van der Waals surface area contributed by atoms with Crippen molar-refractivity contribution >= 4 is 11.8 Å². The van der Waals surface area contributed by atoms with E-state index in [1.807, 2.05) is 6.07 Å². The molecule has 1 aromatic rings. The number of carbonyl (C=O) groups is 1. The molecule has 20 heavy (non-hydrogen) atoms. The van der Waals surface area contributed by atoms with Crippen LogP contribution >= 0.6 is 0 Å². The zero-order chi connectivity index (χ0) is 15.2. The van der Waals surface area contributed by atoms with Crippen molar-refractivity contribution in [3.63, 3.8) is 0 Å². The Morgan fingerprint density at radius 2 is 2.05 bits per heavy atom. The number of carboxylic acids is 1. The van der Waals surface area contributed by atoms with Crippen molar-refractivity contribution in [2.24, 2.45) is 5.41 Å². The van der Waals surface area contributed by atoms with Crippen LogP contribution < -0.4 is 5.32 Å². The van der Waals surface area contributed by atoms with E-state index in [-0.39, 0.29) is 11.8 Å². The Bertz CT molecular complexity index is 444. The first kappa shape index (κ1) is 16.4. The molecule has 0 unspecified atom stereocenters. The maximum absolute atomic E-state index is 10.6. The molecule has 1 rings (SSSR count). The minimum Gasteiger partial charge on any atom is -0.481 e. The van der Waals surface area contributed by atoms with Crippen molar-refractivity contribution in [2.75, 3.05) is 11.9 Å². The molecule has 5 heteroatoms. The van der Waals surface area contributed by atoms with Gasteiger partial charge in [-0.15, -0.1) is 0 Å². The lowest BCUT2D eigenvalue weighted by Crippen LogP contribution is -2.18. The molecule has 2 N–H and O–H groups in total. The second kappa shape index (κ2) is 7.22. The molecule has 0 aromatic carbocycles. The van der Waals surface area contributed by atoms with Gasteiger partial charge in [0.05, 0.1) is 0 Å². The van der Waals surface area contributed by atoms with E-state index in [2.05, 4.69) is 43.0 Å². The summed E-state index contributed by atoms with van der Waals surface area (Å²) in [5.74, 6) is 0.478. The molecule has 0 radical (unpaired) electrons. The molecule has 1 heterocycles. The molecule has 0 amide bonds. The Kier molecular flexibility index (Phi) is 5.92. The number of nitrogens with zero attached hydrogens (tertiary/aromatic N) is 2.